The maximum atomic E-state index is 6.01. The number of nitrogens with zero attached hydrogens (tertiary/aromatic N) is 2. The summed E-state index contributed by atoms with van der Waals surface area (Å²) in [5, 5.41) is 0. The van der Waals surface area contributed by atoms with Gasteiger partial charge in [0.25, 0.3) is 0 Å². The van der Waals surface area contributed by atoms with Crippen LogP contribution in [0.1, 0.15) is 90.5 Å². The molecule has 0 spiro atoms. The molecule has 4 aromatic rings. The fraction of sp³-hybridized carbons (Fsp3) is 0.463. The van der Waals surface area contributed by atoms with Gasteiger partial charge in [0.2, 0.25) is 11.8 Å². The Morgan fingerprint density at radius 2 is 0.800 bits per heavy atom. The van der Waals surface area contributed by atoms with Gasteiger partial charge in [-0.25, -0.2) is 9.97 Å². The fourth-order valence-electron chi connectivity index (χ4n) is 5.21. The number of pyridine rings is 2. The first-order valence-corrected chi connectivity index (χ1v) is 19.0. The summed E-state index contributed by atoms with van der Waals surface area (Å²) in [4.78, 5) is 8.44. The molecule has 0 amide bonds. The number of hydrogen-bond acceptors (Lipinski definition) is 10. The molecule has 5 heterocycles. The number of halogens is 1. The lowest BCUT2D eigenvalue weighted by molar-refractivity contribution is 0.00578. The SMILES string of the molecule is Brc1ccc(Oc2ccccc2)nc1.C.CC1(C)OB(B2OC(C)(C)C(C)(C)O2)OC1(C)C.CC1(C)OB(c2ccc(Oc3ccccc3)nc2)OC1(C)C. The third-order valence-electron chi connectivity index (χ3n) is 10.7. The first-order chi connectivity index (χ1) is 25.1. The van der Waals surface area contributed by atoms with Crippen molar-refractivity contribution in [2.24, 2.45) is 0 Å². The zero-order valence-electron chi connectivity index (χ0n) is 33.5. The molecule has 3 aliphatic rings. The van der Waals surface area contributed by atoms with Crippen LogP contribution in [0.5, 0.6) is 23.3 Å². The van der Waals surface area contributed by atoms with E-state index in [4.69, 9.17) is 37.4 Å². The molecule has 294 valence electrons. The van der Waals surface area contributed by atoms with Crippen molar-refractivity contribution in [3.05, 3.63) is 102 Å². The third kappa shape index (κ3) is 10.8. The van der Waals surface area contributed by atoms with E-state index in [1.54, 1.807) is 12.4 Å². The van der Waals surface area contributed by atoms with E-state index in [2.05, 4.69) is 25.9 Å². The van der Waals surface area contributed by atoms with E-state index in [1.807, 2.05) is 168 Å². The maximum Gasteiger partial charge on any atom is 0.496 e. The van der Waals surface area contributed by atoms with Crippen LogP contribution in [0, 0.1) is 0 Å². The summed E-state index contributed by atoms with van der Waals surface area (Å²) in [5.74, 6) is 2.70. The zero-order chi connectivity index (χ0) is 39.6. The number of para-hydroxylation sites is 2. The van der Waals surface area contributed by atoms with Gasteiger partial charge in [-0.1, -0.05) is 49.9 Å². The Hall–Kier alpha value is -3.23. The second-order valence-electron chi connectivity index (χ2n) is 16.4. The minimum absolute atomic E-state index is 0. The second-order valence-corrected chi connectivity index (χ2v) is 17.3. The minimum atomic E-state index is -0.476. The summed E-state index contributed by atoms with van der Waals surface area (Å²) >= 11 is 3.31. The van der Waals surface area contributed by atoms with Gasteiger partial charge in [0.05, 0.1) is 33.6 Å². The molecule has 55 heavy (non-hydrogen) atoms. The van der Waals surface area contributed by atoms with Gasteiger partial charge in [-0.2, -0.15) is 0 Å². The Morgan fingerprint density at radius 1 is 0.455 bits per heavy atom. The van der Waals surface area contributed by atoms with Crippen LogP contribution in [0.4, 0.5) is 0 Å². The molecule has 2 aromatic carbocycles. The van der Waals surface area contributed by atoms with E-state index in [9.17, 15) is 0 Å². The number of benzene rings is 2. The molecular weight excluding hydrogens is 761 g/mol. The van der Waals surface area contributed by atoms with Gasteiger partial charge >= 0.3 is 21.1 Å². The standard InChI is InChI=1S/C17H20BNO3.C12H24B2O4.C11H8BrNO.CH4/c1-16(2)17(3,4)22-18(21-16)13-10-11-15(19-12-13)20-14-8-6-5-7-9-14;1-9(2)10(3,4)16-13(15-9)14-17-11(5,6)12(7,8)18-14;12-9-6-7-11(13-8-9)14-10-4-2-1-3-5-10;/h5-12H,1-4H3;1-8H3;1-8H;1H4. The van der Waals surface area contributed by atoms with Crippen LogP contribution in [0.3, 0.4) is 0 Å². The van der Waals surface area contributed by atoms with Crippen molar-refractivity contribution in [1.29, 1.82) is 0 Å². The van der Waals surface area contributed by atoms with Gasteiger partial charge < -0.3 is 37.4 Å². The summed E-state index contributed by atoms with van der Waals surface area (Å²) in [6.07, 6.45) is 3.44. The molecule has 7 rings (SSSR count). The van der Waals surface area contributed by atoms with Crippen molar-refractivity contribution in [3.63, 3.8) is 0 Å². The normalized spacial score (nSPS) is 20.6. The lowest BCUT2D eigenvalue weighted by Gasteiger charge is -2.32. The molecule has 0 saturated carbocycles. The van der Waals surface area contributed by atoms with Crippen LogP contribution in [0.2, 0.25) is 0 Å². The van der Waals surface area contributed by atoms with Crippen LogP contribution in [-0.4, -0.2) is 64.7 Å². The van der Waals surface area contributed by atoms with Gasteiger partial charge in [-0.15, -0.1) is 0 Å². The van der Waals surface area contributed by atoms with E-state index in [0.717, 1.165) is 21.4 Å². The van der Waals surface area contributed by atoms with Crippen molar-refractivity contribution in [2.45, 2.75) is 124 Å². The van der Waals surface area contributed by atoms with Crippen LogP contribution >= 0.6 is 15.9 Å². The molecule has 3 fully saturated rings. The monoisotopic (exact) mass is 816 g/mol. The Morgan fingerprint density at radius 3 is 1.13 bits per heavy atom. The quantitative estimate of drug-likeness (QED) is 0.175. The smallest absolute Gasteiger partial charge is 0.439 e. The van der Waals surface area contributed by atoms with Crippen LogP contribution in [-0.2, 0) is 27.9 Å². The number of ether oxygens (including phenoxy) is 2. The van der Waals surface area contributed by atoms with E-state index in [0.29, 0.717) is 11.8 Å². The number of hydrogen-bond donors (Lipinski definition) is 0. The Balaban J connectivity index is 0.000000186. The van der Waals surface area contributed by atoms with E-state index < -0.39 is 21.1 Å². The molecule has 14 heteroatoms. The molecule has 0 radical (unpaired) electrons. The lowest BCUT2D eigenvalue weighted by Crippen LogP contribution is -2.41. The lowest BCUT2D eigenvalue weighted by atomic mass is 9.49. The van der Waals surface area contributed by atoms with Gasteiger partial charge in [-0.05, 0) is 129 Å². The second kappa shape index (κ2) is 17.1. The van der Waals surface area contributed by atoms with Crippen molar-refractivity contribution in [3.8, 4) is 23.3 Å². The molecule has 2 aromatic heterocycles. The summed E-state index contributed by atoms with van der Waals surface area (Å²) < 4.78 is 48.0. The highest BCUT2D eigenvalue weighted by atomic mass is 79.9. The molecule has 0 unspecified atom stereocenters. The van der Waals surface area contributed by atoms with Crippen molar-refractivity contribution >= 4 is 42.5 Å². The molecular formula is C41H56B3BrN2O8. The third-order valence-corrected chi connectivity index (χ3v) is 11.2. The Labute approximate surface area is 337 Å². The zero-order valence-corrected chi connectivity index (χ0v) is 35.1. The molecule has 3 aliphatic heterocycles. The molecule has 3 saturated heterocycles. The van der Waals surface area contributed by atoms with E-state index in [1.165, 1.54) is 0 Å². The first-order valence-electron chi connectivity index (χ1n) is 18.2. The molecule has 0 bridgehead atoms. The molecule has 0 aliphatic carbocycles. The largest absolute Gasteiger partial charge is 0.496 e. The summed E-state index contributed by atoms with van der Waals surface area (Å²) in [5.41, 5.74) is -1.25. The van der Waals surface area contributed by atoms with Gasteiger partial charge in [-0.3, -0.25) is 0 Å². The highest BCUT2D eigenvalue weighted by molar-refractivity contribution is 9.10. The average molecular weight is 817 g/mol. The van der Waals surface area contributed by atoms with Gasteiger partial charge in [0.15, 0.2) is 0 Å². The Kier molecular flexibility index (Phi) is 13.8. The molecule has 0 atom stereocenters. The van der Waals surface area contributed by atoms with E-state index >= 15 is 0 Å². The van der Waals surface area contributed by atoms with Crippen molar-refractivity contribution < 1.29 is 37.4 Å². The van der Waals surface area contributed by atoms with E-state index in [-0.39, 0.29) is 41.0 Å². The number of rotatable bonds is 6. The van der Waals surface area contributed by atoms with Crippen molar-refractivity contribution in [2.75, 3.05) is 0 Å². The number of aromatic nitrogens is 2. The highest BCUT2D eigenvalue weighted by Gasteiger charge is 2.63. The topological polar surface area (TPSA) is 99.6 Å². The van der Waals surface area contributed by atoms with Crippen LogP contribution in [0.25, 0.3) is 0 Å². The summed E-state index contributed by atoms with van der Waals surface area (Å²) in [6, 6.07) is 26.6. The van der Waals surface area contributed by atoms with Crippen LogP contribution in [0.15, 0.2) is 102 Å². The average Bonchev–Trinajstić information content (AvgIpc) is 3.57. The summed E-state index contributed by atoms with van der Waals surface area (Å²) in [6.45, 7) is 24.3. The van der Waals surface area contributed by atoms with Gasteiger partial charge in [0.1, 0.15) is 11.5 Å². The van der Waals surface area contributed by atoms with Crippen molar-refractivity contribution in [1.82, 2.24) is 9.97 Å². The molecule has 10 nitrogen and oxygen atoms in total. The summed E-state index contributed by atoms with van der Waals surface area (Å²) in [7, 11) is -1.35. The Bertz CT molecular complexity index is 1730. The van der Waals surface area contributed by atoms with Gasteiger partial charge in [0, 0.05) is 34.5 Å². The minimum Gasteiger partial charge on any atom is -0.439 e. The predicted molar refractivity (Wildman–Crippen MR) is 224 cm³/mol. The first kappa shape index (κ1) is 44.5. The predicted octanol–water partition coefficient (Wildman–Crippen LogP) is 9.69. The fourth-order valence-corrected chi connectivity index (χ4v) is 5.45. The molecule has 0 N–H and O–H groups in total. The maximum absolute atomic E-state index is 6.01. The van der Waals surface area contributed by atoms with Crippen LogP contribution < -0.4 is 14.9 Å². The highest BCUT2D eigenvalue weighted by Crippen LogP contribution is 2.43.